The molecule has 1 aromatic heterocycles. The van der Waals surface area contributed by atoms with E-state index in [0.717, 1.165) is 31.1 Å². The van der Waals surface area contributed by atoms with Crippen LogP contribution in [0.3, 0.4) is 0 Å². The van der Waals surface area contributed by atoms with Gasteiger partial charge in [0.05, 0.1) is 5.52 Å². The third kappa shape index (κ3) is 3.10. The van der Waals surface area contributed by atoms with Gasteiger partial charge in [-0.15, -0.1) is 12.4 Å². The van der Waals surface area contributed by atoms with Crippen molar-refractivity contribution >= 4 is 33.3 Å². The highest BCUT2D eigenvalue weighted by atomic mass is 35.5. The minimum Gasteiger partial charge on any atom is -0.329 e. The molecular weight excluding hydrogens is 322 g/mol. The van der Waals surface area contributed by atoms with Crippen LogP contribution in [0.1, 0.15) is 25.7 Å². The van der Waals surface area contributed by atoms with Crippen LogP contribution in [0.2, 0.25) is 0 Å². The SMILES string of the molecule is Cl.NCC1(NS(=O)(=O)c2cccc3cccnc23)CCCC1. The lowest BCUT2D eigenvalue weighted by atomic mass is 10.0. The summed E-state index contributed by atoms with van der Waals surface area (Å²) in [6.45, 7) is 0.324. The van der Waals surface area contributed by atoms with Crippen molar-refractivity contribution in [3.63, 3.8) is 0 Å². The molecule has 1 heterocycles. The van der Waals surface area contributed by atoms with Crippen LogP contribution >= 0.6 is 12.4 Å². The highest BCUT2D eigenvalue weighted by molar-refractivity contribution is 7.89. The Morgan fingerprint density at radius 2 is 1.86 bits per heavy atom. The Balaban J connectivity index is 0.00000176. The van der Waals surface area contributed by atoms with Crippen molar-refractivity contribution in [3.05, 3.63) is 36.5 Å². The molecule has 0 spiro atoms. The van der Waals surface area contributed by atoms with E-state index < -0.39 is 15.6 Å². The molecule has 0 atom stereocenters. The highest BCUT2D eigenvalue weighted by Crippen LogP contribution is 2.31. The van der Waals surface area contributed by atoms with E-state index in [4.69, 9.17) is 5.73 Å². The van der Waals surface area contributed by atoms with E-state index in [1.807, 2.05) is 12.1 Å². The first-order valence-electron chi connectivity index (χ1n) is 7.14. The molecule has 0 bridgehead atoms. The number of para-hydroxylation sites is 1. The third-order valence-electron chi connectivity index (χ3n) is 4.19. The van der Waals surface area contributed by atoms with E-state index in [9.17, 15) is 8.42 Å². The number of rotatable bonds is 4. The third-order valence-corrected chi connectivity index (χ3v) is 5.80. The molecular formula is C15H20ClN3O2S. The van der Waals surface area contributed by atoms with Gasteiger partial charge in [-0.05, 0) is 25.0 Å². The maximum atomic E-state index is 12.8. The number of benzene rings is 1. The van der Waals surface area contributed by atoms with E-state index in [1.54, 1.807) is 24.4 Å². The number of nitrogens with two attached hydrogens (primary N) is 1. The number of aromatic nitrogens is 1. The standard InChI is InChI=1S/C15H19N3O2S.ClH/c16-11-15(8-1-2-9-15)18-21(19,20)13-7-3-5-12-6-4-10-17-14(12)13;/h3-7,10,18H,1-2,8-9,11,16H2;1H. The van der Waals surface area contributed by atoms with Gasteiger partial charge in [-0.2, -0.15) is 0 Å². The molecule has 0 aliphatic heterocycles. The smallest absolute Gasteiger partial charge is 0.243 e. The predicted molar refractivity (Wildman–Crippen MR) is 89.6 cm³/mol. The molecule has 0 saturated heterocycles. The van der Waals surface area contributed by atoms with Crippen LogP contribution in [-0.4, -0.2) is 25.5 Å². The van der Waals surface area contributed by atoms with E-state index in [2.05, 4.69) is 9.71 Å². The van der Waals surface area contributed by atoms with Crippen molar-refractivity contribution in [1.29, 1.82) is 0 Å². The molecule has 22 heavy (non-hydrogen) atoms. The Bertz CT molecular complexity index is 753. The Morgan fingerprint density at radius 1 is 1.18 bits per heavy atom. The Morgan fingerprint density at radius 3 is 2.55 bits per heavy atom. The zero-order valence-electron chi connectivity index (χ0n) is 12.2. The van der Waals surface area contributed by atoms with Crippen LogP contribution in [0.25, 0.3) is 10.9 Å². The van der Waals surface area contributed by atoms with Crippen molar-refractivity contribution < 1.29 is 8.42 Å². The summed E-state index contributed by atoms with van der Waals surface area (Å²) in [5, 5.41) is 0.814. The highest BCUT2D eigenvalue weighted by Gasteiger charge is 2.37. The molecule has 3 N–H and O–H groups in total. The molecule has 0 unspecified atom stereocenters. The number of hydrogen-bond acceptors (Lipinski definition) is 4. The first-order chi connectivity index (χ1) is 10.1. The molecule has 2 aromatic rings. The van der Waals surface area contributed by atoms with Gasteiger partial charge in [0.2, 0.25) is 10.0 Å². The van der Waals surface area contributed by atoms with Crippen LogP contribution in [-0.2, 0) is 10.0 Å². The Labute approximate surface area is 136 Å². The number of fused-ring (bicyclic) bond motifs is 1. The van der Waals surface area contributed by atoms with Gasteiger partial charge >= 0.3 is 0 Å². The molecule has 7 heteroatoms. The molecule has 0 radical (unpaired) electrons. The predicted octanol–water partition coefficient (Wildman–Crippen LogP) is 2.21. The Kier molecular flexibility index (Phi) is 5.07. The van der Waals surface area contributed by atoms with Gasteiger partial charge in [-0.3, -0.25) is 4.98 Å². The molecule has 1 fully saturated rings. The van der Waals surface area contributed by atoms with Gasteiger partial charge in [0, 0.05) is 23.7 Å². The summed E-state index contributed by atoms with van der Waals surface area (Å²) >= 11 is 0. The fourth-order valence-electron chi connectivity index (χ4n) is 3.03. The number of nitrogens with one attached hydrogen (secondary N) is 1. The van der Waals surface area contributed by atoms with Gasteiger partial charge in [-0.1, -0.05) is 31.0 Å². The van der Waals surface area contributed by atoms with Crippen LogP contribution in [0.5, 0.6) is 0 Å². The first-order valence-corrected chi connectivity index (χ1v) is 8.62. The van der Waals surface area contributed by atoms with Crippen molar-refractivity contribution in [2.24, 2.45) is 5.73 Å². The van der Waals surface area contributed by atoms with Gasteiger partial charge in [0.1, 0.15) is 4.90 Å². The molecule has 3 rings (SSSR count). The summed E-state index contributed by atoms with van der Waals surface area (Å²) in [6.07, 6.45) is 5.21. The van der Waals surface area contributed by atoms with Crippen molar-refractivity contribution in [2.75, 3.05) is 6.54 Å². The van der Waals surface area contributed by atoms with Crippen LogP contribution in [0.15, 0.2) is 41.4 Å². The molecule has 5 nitrogen and oxygen atoms in total. The minimum absolute atomic E-state index is 0. The number of nitrogens with zero attached hydrogens (tertiary/aromatic N) is 1. The second-order valence-corrected chi connectivity index (χ2v) is 7.28. The fourth-order valence-corrected chi connectivity index (χ4v) is 4.68. The number of hydrogen-bond donors (Lipinski definition) is 2. The average Bonchev–Trinajstić information content (AvgIpc) is 2.95. The molecule has 0 amide bonds. The zero-order valence-corrected chi connectivity index (χ0v) is 13.8. The number of sulfonamides is 1. The summed E-state index contributed by atoms with van der Waals surface area (Å²) < 4.78 is 28.4. The molecule has 1 aliphatic rings. The number of pyridine rings is 1. The van der Waals surface area contributed by atoms with Gasteiger partial charge < -0.3 is 5.73 Å². The fraction of sp³-hybridized carbons (Fsp3) is 0.400. The van der Waals surface area contributed by atoms with E-state index in [1.165, 1.54) is 0 Å². The lowest BCUT2D eigenvalue weighted by Gasteiger charge is -2.28. The van der Waals surface area contributed by atoms with Crippen LogP contribution in [0.4, 0.5) is 0 Å². The summed E-state index contributed by atoms with van der Waals surface area (Å²) in [4.78, 5) is 4.44. The molecule has 1 aliphatic carbocycles. The average molecular weight is 342 g/mol. The minimum atomic E-state index is -3.63. The lowest BCUT2D eigenvalue weighted by Crippen LogP contribution is -2.51. The quantitative estimate of drug-likeness (QED) is 0.892. The van der Waals surface area contributed by atoms with Crippen molar-refractivity contribution in [3.8, 4) is 0 Å². The number of halogens is 1. The molecule has 1 aromatic carbocycles. The summed E-state index contributed by atoms with van der Waals surface area (Å²) in [6, 6.07) is 8.84. The first kappa shape index (κ1) is 17.1. The summed E-state index contributed by atoms with van der Waals surface area (Å²) in [7, 11) is -3.63. The second kappa shape index (κ2) is 6.50. The monoisotopic (exact) mass is 341 g/mol. The summed E-state index contributed by atoms with van der Waals surface area (Å²) in [5.41, 5.74) is 5.82. The maximum absolute atomic E-state index is 12.8. The van der Waals surface area contributed by atoms with Crippen molar-refractivity contribution in [1.82, 2.24) is 9.71 Å². The van der Waals surface area contributed by atoms with Gasteiger partial charge in [0.15, 0.2) is 0 Å². The van der Waals surface area contributed by atoms with Gasteiger partial charge in [-0.25, -0.2) is 13.1 Å². The van der Waals surface area contributed by atoms with Crippen LogP contribution < -0.4 is 10.5 Å². The van der Waals surface area contributed by atoms with E-state index in [-0.39, 0.29) is 17.3 Å². The summed E-state index contributed by atoms with van der Waals surface area (Å²) in [5.74, 6) is 0. The lowest BCUT2D eigenvalue weighted by molar-refractivity contribution is 0.399. The zero-order chi connectivity index (χ0) is 14.9. The molecule has 120 valence electrons. The maximum Gasteiger partial charge on any atom is 0.243 e. The Hall–Kier alpha value is -1.21. The van der Waals surface area contributed by atoms with Gasteiger partial charge in [0.25, 0.3) is 0 Å². The topological polar surface area (TPSA) is 85.1 Å². The van der Waals surface area contributed by atoms with Crippen molar-refractivity contribution in [2.45, 2.75) is 36.1 Å². The second-order valence-electron chi connectivity index (χ2n) is 5.63. The largest absolute Gasteiger partial charge is 0.329 e. The molecule has 1 saturated carbocycles. The van der Waals surface area contributed by atoms with E-state index in [0.29, 0.717) is 12.1 Å². The van der Waals surface area contributed by atoms with E-state index >= 15 is 0 Å². The van der Waals surface area contributed by atoms with Crippen LogP contribution in [0, 0.1) is 0 Å². The normalized spacial score (nSPS) is 17.3.